The molecule has 1 heterocycles. The number of sulfonamides is 2. The molecule has 1 aliphatic heterocycles. The van der Waals surface area contributed by atoms with Crippen molar-refractivity contribution in [2.24, 2.45) is 5.14 Å². The fourth-order valence-electron chi connectivity index (χ4n) is 3.11. The molecule has 0 aromatic heterocycles. The first kappa shape index (κ1) is 18.1. The third-order valence-corrected chi connectivity index (χ3v) is 7.25. The lowest BCUT2D eigenvalue weighted by atomic mass is 9.92. The second-order valence-electron chi connectivity index (χ2n) is 6.13. The molecule has 134 valence electrons. The Kier molecular flexibility index (Phi) is 4.97. The largest absolute Gasteiger partial charge is 0.243 e. The lowest BCUT2D eigenvalue weighted by Gasteiger charge is -2.32. The van der Waals surface area contributed by atoms with Crippen LogP contribution in [0.15, 0.2) is 64.4 Å². The second-order valence-corrected chi connectivity index (χ2v) is 9.63. The van der Waals surface area contributed by atoms with Crippen molar-refractivity contribution in [3.05, 3.63) is 60.2 Å². The Morgan fingerprint density at radius 3 is 2.08 bits per heavy atom. The molecule has 3 rings (SSSR count). The fourth-order valence-corrected chi connectivity index (χ4v) is 5.15. The van der Waals surface area contributed by atoms with Gasteiger partial charge in [0, 0.05) is 13.1 Å². The number of hydrogen-bond donors (Lipinski definition) is 1. The number of benzene rings is 2. The highest BCUT2D eigenvalue weighted by Crippen LogP contribution is 2.30. The molecule has 0 spiro atoms. The van der Waals surface area contributed by atoms with E-state index in [4.69, 9.17) is 5.14 Å². The Balaban J connectivity index is 1.84. The van der Waals surface area contributed by atoms with Gasteiger partial charge in [0.25, 0.3) is 0 Å². The molecule has 0 radical (unpaired) electrons. The van der Waals surface area contributed by atoms with E-state index < -0.39 is 20.0 Å². The van der Waals surface area contributed by atoms with Crippen molar-refractivity contribution < 1.29 is 16.8 Å². The Labute approximate surface area is 148 Å². The van der Waals surface area contributed by atoms with E-state index in [1.54, 1.807) is 0 Å². The van der Waals surface area contributed by atoms with E-state index in [2.05, 4.69) is 0 Å². The molecule has 25 heavy (non-hydrogen) atoms. The molecule has 0 aliphatic carbocycles. The zero-order valence-corrected chi connectivity index (χ0v) is 15.2. The third kappa shape index (κ3) is 3.92. The minimum absolute atomic E-state index is 0.0774. The highest BCUT2D eigenvalue weighted by atomic mass is 32.2. The molecule has 1 atom stereocenters. The van der Waals surface area contributed by atoms with Gasteiger partial charge >= 0.3 is 0 Å². The van der Waals surface area contributed by atoms with E-state index in [-0.39, 0.29) is 15.7 Å². The normalized spacial score (nSPS) is 19.6. The summed E-state index contributed by atoms with van der Waals surface area (Å²) in [4.78, 5) is -0.0270. The third-order valence-electron chi connectivity index (χ3n) is 4.45. The number of rotatable bonds is 4. The maximum absolute atomic E-state index is 12.9. The molecule has 6 nitrogen and oxygen atoms in total. The molecular formula is C17H20N2O4S2. The van der Waals surface area contributed by atoms with Gasteiger partial charge in [0.1, 0.15) is 0 Å². The molecule has 8 heteroatoms. The molecular weight excluding hydrogens is 360 g/mol. The van der Waals surface area contributed by atoms with Crippen LogP contribution in [0.4, 0.5) is 0 Å². The van der Waals surface area contributed by atoms with Gasteiger partial charge in [-0.1, -0.05) is 30.3 Å². The number of hydrogen-bond acceptors (Lipinski definition) is 4. The zero-order chi connectivity index (χ0) is 18.1. The Morgan fingerprint density at radius 2 is 1.48 bits per heavy atom. The number of piperidine rings is 1. The van der Waals surface area contributed by atoms with Crippen molar-refractivity contribution in [1.29, 1.82) is 0 Å². The average Bonchev–Trinajstić information content (AvgIpc) is 2.62. The molecule has 0 unspecified atom stereocenters. The predicted molar refractivity (Wildman–Crippen MR) is 95.0 cm³/mol. The first-order valence-corrected chi connectivity index (χ1v) is 10.9. The van der Waals surface area contributed by atoms with Crippen molar-refractivity contribution in [2.45, 2.75) is 28.6 Å². The molecule has 1 saturated heterocycles. The minimum atomic E-state index is -3.84. The van der Waals surface area contributed by atoms with Gasteiger partial charge in [0.15, 0.2) is 0 Å². The standard InChI is InChI=1S/C17H20N2O4S2/c18-24(20,21)16-8-10-17(11-9-16)25(22,23)19-12-4-7-15(13-19)14-5-2-1-3-6-14/h1-3,5-6,8-11,15H,4,7,12-13H2,(H2,18,20,21)/t15-/m1/s1. The average molecular weight is 380 g/mol. The lowest BCUT2D eigenvalue weighted by molar-refractivity contribution is 0.315. The smallest absolute Gasteiger partial charge is 0.225 e. The monoisotopic (exact) mass is 380 g/mol. The predicted octanol–water partition coefficient (Wildman–Crippen LogP) is 1.90. The van der Waals surface area contributed by atoms with E-state index >= 15 is 0 Å². The van der Waals surface area contributed by atoms with E-state index in [0.29, 0.717) is 13.1 Å². The maximum Gasteiger partial charge on any atom is 0.243 e. The topological polar surface area (TPSA) is 97.5 Å². The van der Waals surface area contributed by atoms with Gasteiger partial charge in [0.05, 0.1) is 9.79 Å². The van der Waals surface area contributed by atoms with E-state index in [1.165, 1.54) is 28.6 Å². The van der Waals surface area contributed by atoms with Crippen LogP contribution in [0.2, 0.25) is 0 Å². The molecule has 0 bridgehead atoms. The van der Waals surface area contributed by atoms with E-state index in [0.717, 1.165) is 18.4 Å². The van der Waals surface area contributed by atoms with Crippen LogP contribution in [-0.2, 0) is 20.0 Å². The summed E-state index contributed by atoms with van der Waals surface area (Å²) < 4.78 is 49.8. The summed E-state index contributed by atoms with van der Waals surface area (Å²) in [6.07, 6.45) is 1.73. The van der Waals surface area contributed by atoms with Crippen LogP contribution in [0, 0.1) is 0 Å². The molecule has 1 fully saturated rings. The number of nitrogens with zero attached hydrogens (tertiary/aromatic N) is 1. The summed E-state index contributed by atoms with van der Waals surface area (Å²) in [6, 6.07) is 14.9. The van der Waals surface area contributed by atoms with Gasteiger partial charge in [-0.15, -0.1) is 0 Å². The van der Waals surface area contributed by atoms with Gasteiger partial charge < -0.3 is 0 Å². The SMILES string of the molecule is NS(=O)(=O)c1ccc(S(=O)(=O)N2CCC[C@@H](c3ccccc3)C2)cc1. The van der Waals surface area contributed by atoms with Crippen molar-refractivity contribution in [1.82, 2.24) is 4.31 Å². The zero-order valence-electron chi connectivity index (χ0n) is 13.6. The van der Waals surface area contributed by atoms with Gasteiger partial charge in [-0.2, -0.15) is 4.31 Å². The maximum atomic E-state index is 12.9. The summed E-state index contributed by atoms with van der Waals surface area (Å²) in [5.74, 6) is 0.161. The van der Waals surface area contributed by atoms with Crippen molar-refractivity contribution in [3.8, 4) is 0 Å². The minimum Gasteiger partial charge on any atom is -0.225 e. The molecule has 1 aliphatic rings. The van der Waals surface area contributed by atoms with Crippen LogP contribution in [0.25, 0.3) is 0 Å². The summed E-state index contributed by atoms with van der Waals surface area (Å²) in [6.45, 7) is 0.881. The highest BCUT2D eigenvalue weighted by molar-refractivity contribution is 7.89. The number of primary sulfonamides is 1. The quantitative estimate of drug-likeness (QED) is 0.876. The molecule has 2 aromatic rings. The summed E-state index contributed by atoms with van der Waals surface area (Å²) in [7, 11) is -7.51. The first-order valence-electron chi connectivity index (χ1n) is 7.96. The summed E-state index contributed by atoms with van der Waals surface area (Å²) in [5.41, 5.74) is 1.13. The van der Waals surface area contributed by atoms with Crippen molar-refractivity contribution in [2.75, 3.05) is 13.1 Å². The van der Waals surface area contributed by atoms with Crippen LogP contribution < -0.4 is 5.14 Å². The Hall–Kier alpha value is -1.74. The highest BCUT2D eigenvalue weighted by Gasteiger charge is 2.31. The van der Waals surface area contributed by atoms with Crippen LogP contribution in [0.3, 0.4) is 0 Å². The Bertz CT molecular complexity index is 940. The van der Waals surface area contributed by atoms with Crippen molar-refractivity contribution in [3.63, 3.8) is 0 Å². The van der Waals surface area contributed by atoms with E-state index in [9.17, 15) is 16.8 Å². The van der Waals surface area contributed by atoms with Crippen LogP contribution in [0.1, 0.15) is 24.3 Å². The second kappa shape index (κ2) is 6.87. The molecule has 0 saturated carbocycles. The van der Waals surface area contributed by atoms with Crippen molar-refractivity contribution >= 4 is 20.0 Å². The van der Waals surface area contributed by atoms with Gasteiger partial charge in [-0.3, -0.25) is 0 Å². The molecule has 2 aromatic carbocycles. The van der Waals surface area contributed by atoms with Crippen LogP contribution >= 0.6 is 0 Å². The van der Waals surface area contributed by atoms with Gasteiger partial charge in [0.2, 0.25) is 20.0 Å². The number of nitrogens with two attached hydrogens (primary N) is 1. The van der Waals surface area contributed by atoms with Crippen LogP contribution in [-0.4, -0.2) is 34.2 Å². The van der Waals surface area contributed by atoms with Gasteiger partial charge in [-0.25, -0.2) is 22.0 Å². The van der Waals surface area contributed by atoms with E-state index in [1.807, 2.05) is 30.3 Å². The Morgan fingerprint density at radius 1 is 0.880 bits per heavy atom. The molecule has 0 amide bonds. The summed E-state index contributed by atoms with van der Waals surface area (Å²) in [5, 5.41) is 5.05. The first-order chi connectivity index (χ1) is 11.8. The lowest BCUT2D eigenvalue weighted by Crippen LogP contribution is -2.39. The van der Waals surface area contributed by atoms with Crippen LogP contribution in [0.5, 0.6) is 0 Å². The fraction of sp³-hybridized carbons (Fsp3) is 0.294. The molecule has 2 N–H and O–H groups in total. The van der Waals surface area contributed by atoms with Gasteiger partial charge in [-0.05, 0) is 48.6 Å². The summed E-state index contributed by atoms with van der Waals surface area (Å²) >= 11 is 0.